The predicted octanol–water partition coefficient (Wildman–Crippen LogP) is 3.57. The van der Waals surface area contributed by atoms with Crippen molar-refractivity contribution in [3.05, 3.63) is 58.1 Å². The van der Waals surface area contributed by atoms with Crippen molar-refractivity contribution in [3.63, 3.8) is 0 Å². The number of aryl methyl sites for hydroxylation is 1. The first-order chi connectivity index (χ1) is 14.0. The summed E-state index contributed by atoms with van der Waals surface area (Å²) in [6, 6.07) is 9.28. The van der Waals surface area contributed by atoms with Crippen LogP contribution in [-0.2, 0) is 14.3 Å². The number of halogens is 4. The van der Waals surface area contributed by atoms with Gasteiger partial charge in [-0.2, -0.15) is 0 Å². The molecule has 2 amide bonds. The van der Waals surface area contributed by atoms with Gasteiger partial charge in [0.25, 0.3) is 5.91 Å². The summed E-state index contributed by atoms with van der Waals surface area (Å²) < 4.78 is 45.6. The molecule has 30 heavy (non-hydrogen) atoms. The van der Waals surface area contributed by atoms with Gasteiger partial charge >= 0.3 is 12.3 Å². The molecule has 0 spiro atoms. The van der Waals surface area contributed by atoms with E-state index < -0.39 is 36.5 Å². The van der Waals surface area contributed by atoms with E-state index in [2.05, 4.69) is 31.3 Å². The van der Waals surface area contributed by atoms with Gasteiger partial charge in [0.05, 0.1) is 12.1 Å². The van der Waals surface area contributed by atoms with Gasteiger partial charge in [-0.15, -0.1) is 13.2 Å². The predicted molar refractivity (Wildman–Crippen MR) is 104 cm³/mol. The fourth-order valence-corrected chi connectivity index (χ4v) is 2.67. The number of alkyl halides is 3. The summed E-state index contributed by atoms with van der Waals surface area (Å²) in [5, 5.41) is 4.92. The first kappa shape index (κ1) is 23.2. The summed E-state index contributed by atoms with van der Waals surface area (Å²) >= 11 is 3.31. The van der Waals surface area contributed by atoms with Gasteiger partial charge in [0, 0.05) is 10.2 Å². The maximum Gasteiger partial charge on any atom is 0.573 e. The zero-order valence-corrected chi connectivity index (χ0v) is 17.1. The second kappa shape index (κ2) is 10.1. The molecule has 2 rings (SSSR count). The van der Waals surface area contributed by atoms with Gasteiger partial charge in [-0.05, 0) is 55.0 Å². The van der Waals surface area contributed by atoms with E-state index in [1.165, 1.54) is 0 Å². The summed E-state index contributed by atoms with van der Waals surface area (Å²) in [4.78, 5) is 35.5. The van der Waals surface area contributed by atoms with Crippen molar-refractivity contribution in [1.29, 1.82) is 0 Å². The summed E-state index contributed by atoms with van der Waals surface area (Å²) in [5.41, 5.74) is 1.34. The van der Waals surface area contributed by atoms with Crippen molar-refractivity contribution in [3.8, 4) is 5.75 Å². The highest BCUT2D eigenvalue weighted by atomic mass is 79.9. The first-order valence-corrected chi connectivity index (χ1v) is 9.18. The van der Waals surface area contributed by atoms with Crippen LogP contribution in [0.25, 0.3) is 0 Å². The molecule has 0 aliphatic rings. The van der Waals surface area contributed by atoms with Crippen LogP contribution in [0.2, 0.25) is 0 Å². The molecule has 0 saturated carbocycles. The van der Waals surface area contributed by atoms with E-state index in [-0.39, 0.29) is 12.1 Å². The van der Waals surface area contributed by atoms with Gasteiger partial charge in [-0.3, -0.25) is 9.59 Å². The minimum Gasteiger partial charge on any atom is -0.452 e. The third-order valence-corrected chi connectivity index (χ3v) is 4.06. The van der Waals surface area contributed by atoms with Crippen LogP contribution < -0.4 is 15.4 Å². The Bertz CT molecular complexity index is 933. The van der Waals surface area contributed by atoms with Crippen LogP contribution in [0, 0.1) is 6.92 Å². The van der Waals surface area contributed by atoms with Crippen molar-refractivity contribution < 1.29 is 37.0 Å². The highest BCUT2D eigenvalue weighted by Gasteiger charge is 2.31. The molecule has 0 aromatic heterocycles. The standard InChI is InChI=1S/C19H16BrF3N2O5/c1-11-8-13(20)4-7-15(11)25-16(26)9-24-17(27)10-29-18(28)12-2-5-14(6-3-12)30-19(21,22)23/h2-8H,9-10H2,1H3,(H,24,27)(H,25,26). The number of rotatable bonds is 7. The van der Waals surface area contributed by atoms with E-state index in [9.17, 15) is 27.6 Å². The molecule has 0 aliphatic carbocycles. The molecule has 0 bridgehead atoms. The highest BCUT2D eigenvalue weighted by Crippen LogP contribution is 2.23. The number of nitrogens with one attached hydrogen (secondary N) is 2. The molecular formula is C19H16BrF3N2O5. The Kier molecular flexibility index (Phi) is 7.81. The summed E-state index contributed by atoms with van der Waals surface area (Å²) in [5.74, 6) is -2.61. The smallest absolute Gasteiger partial charge is 0.452 e. The van der Waals surface area contributed by atoms with Gasteiger partial charge in [0.2, 0.25) is 5.91 Å². The average molecular weight is 489 g/mol. The zero-order valence-electron chi connectivity index (χ0n) is 15.5. The molecule has 0 saturated heterocycles. The lowest BCUT2D eigenvalue weighted by Crippen LogP contribution is -2.35. The minimum atomic E-state index is -4.84. The van der Waals surface area contributed by atoms with Crippen LogP contribution in [0.4, 0.5) is 18.9 Å². The van der Waals surface area contributed by atoms with E-state index in [1.54, 1.807) is 19.1 Å². The topological polar surface area (TPSA) is 93.7 Å². The largest absolute Gasteiger partial charge is 0.573 e. The zero-order chi connectivity index (χ0) is 22.3. The quantitative estimate of drug-likeness (QED) is 0.581. The van der Waals surface area contributed by atoms with E-state index in [1.807, 2.05) is 6.07 Å². The van der Waals surface area contributed by atoms with Crippen molar-refractivity contribution in [2.75, 3.05) is 18.5 Å². The fourth-order valence-electron chi connectivity index (χ4n) is 2.20. The van der Waals surface area contributed by atoms with Gasteiger partial charge < -0.3 is 20.1 Å². The number of carbonyl (C=O) groups is 3. The molecule has 0 fully saturated rings. The van der Waals surface area contributed by atoms with E-state index in [0.717, 1.165) is 34.3 Å². The van der Waals surface area contributed by atoms with E-state index in [0.29, 0.717) is 5.69 Å². The molecule has 0 radical (unpaired) electrons. The van der Waals surface area contributed by atoms with Gasteiger partial charge in [0.15, 0.2) is 6.61 Å². The number of ether oxygens (including phenoxy) is 2. The maximum atomic E-state index is 12.1. The number of amides is 2. The molecule has 11 heteroatoms. The maximum absolute atomic E-state index is 12.1. The number of anilines is 1. The van der Waals surface area contributed by atoms with Crippen LogP contribution >= 0.6 is 15.9 Å². The Hall–Kier alpha value is -3.08. The van der Waals surface area contributed by atoms with Gasteiger partial charge in [0.1, 0.15) is 5.75 Å². The lowest BCUT2D eigenvalue weighted by Gasteiger charge is -2.10. The van der Waals surface area contributed by atoms with Crippen LogP contribution in [0.15, 0.2) is 46.9 Å². The number of esters is 1. The normalized spacial score (nSPS) is 10.8. The van der Waals surface area contributed by atoms with Crippen molar-refractivity contribution in [1.82, 2.24) is 5.32 Å². The Morgan fingerprint density at radius 1 is 1.03 bits per heavy atom. The third-order valence-electron chi connectivity index (χ3n) is 3.57. The summed E-state index contributed by atoms with van der Waals surface area (Å²) in [6.07, 6.45) is -4.84. The van der Waals surface area contributed by atoms with Crippen LogP contribution in [0.3, 0.4) is 0 Å². The van der Waals surface area contributed by atoms with Crippen molar-refractivity contribution in [2.24, 2.45) is 0 Å². The lowest BCUT2D eigenvalue weighted by molar-refractivity contribution is -0.274. The van der Waals surface area contributed by atoms with E-state index >= 15 is 0 Å². The lowest BCUT2D eigenvalue weighted by atomic mass is 10.2. The number of hydrogen-bond donors (Lipinski definition) is 2. The van der Waals surface area contributed by atoms with Gasteiger partial charge in [-0.1, -0.05) is 15.9 Å². The Morgan fingerprint density at radius 3 is 2.30 bits per heavy atom. The molecule has 160 valence electrons. The number of hydrogen-bond acceptors (Lipinski definition) is 5. The SMILES string of the molecule is Cc1cc(Br)ccc1NC(=O)CNC(=O)COC(=O)c1ccc(OC(F)(F)F)cc1. The number of carbonyl (C=O) groups excluding carboxylic acids is 3. The summed E-state index contributed by atoms with van der Waals surface area (Å²) in [6.45, 7) is 0.805. The van der Waals surface area contributed by atoms with E-state index in [4.69, 9.17) is 4.74 Å². The Labute approximate surface area is 177 Å². The molecular weight excluding hydrogens is 473 g/mol. The monoisotopic (exact) mass is 488 g/mol. The number of benzene rings is 2. The summed E-state index contributed by atoms with van der Waals surface area (Å²) in [7, 11) is 0. The molecule has 7 nitrogen and oxygen atoms in total. The third kappa shape index (κ3) is 7.74. The highest BCUT2D eigenvalue weighted by molar-refractivity contribution is 9.10. The molecule has 0 unspecified atom stereocenters. The second-order valence-corrected chi connectivity index (χ2v) is 6.85. The van der Waals surface area contributed by atoms with Gasteiger partial charge in [-0.25, -0.2) is 4.79 Å². The Morgan fingerprint density at radius 2 is 1.70 bits per heavy atom. The van der Waals surface area contributed by atoms with Crippen LogP contribution in [0.5, 0.6) is 5.75 Å². The average Bonchev–Trinajstić information content (AvgIpc) is 2.66. The molecule has 0 atom stereocenters. The minimum absolute atomic E-state index is 0.0687. The van der Waals surface area contributed by atoms with Crippen molar-refractivity contribution in [2.45, 2.75) is 13.3 Å². The fraction of sp³-hybridized carbons (Fsp3) is 0.211. The molecule has 2 aromatic carbocycles. The van der Waals surface area contributed by atoms with Crippen molar-refractivity contribution >= 4 is 39.4 Å². The molecule has 0 heterocycles. The van der Waals surface area contributed by atoms with Crippen LogP contribution in [-0.4, -0.2) is 37.3 Å². The molecule has 2 N–H and O–H groups in total. The van der Waals surface area contributed by atoms with Crippen LogP contribution in [0.1, 0.15) is 15.9 Å². The molecule has 2 aromatic rings. The molecule has 0 aliphatic heterocycles. The second-order valence-electron chi connectivity index (χ2n) is 5.93. The Balaban J connectivity index is 1.75. The first-order valence-electron chi connectivity index (χ1n) is 8.39.